The Bertz CT molecular complexity index is 433. The second kappa shape index (κ2) is 7.48. The van der Waals surface area contributed by atoms with Gasteiger partial charge in [0.25, 0.3) is 0 Å². The summed E-state index contributed by atoms with van der Waals surface area (Å²) in [5.74, 6) is 0.627. The third-order valence-corrected chi connectivity index (χ3v) is 4.74. The zero-order valence-electron chi connectivity index (χ0n) is 13.5. The van der Waals surface area contributed by atoms with Crippen LogP contribution in [0.25, 0.3) is 0 Å². The molecule has 1 aromatic rings. The first-order valence-electron chi connectivity index (χ1n) is 8.48. The topological polar surface area (TPSA) is 76.2 Å². The van der Waals surface area contributed by atoms with Crippen LogP contribution >= 0.6 is 0 Å². The second-order valence-corrected chi connectivity index (χ2v) is 6.58. The van der Waals surface area contributed by atoms with Gasteiger partial charge in [-0.05, 0) is 19.8 Å². The fourth-order valence-electron chi connectivity index (χ4n) is 3.42. The van der Waals surface area contributed by atoms with Gasteiger partial charge in [0.2, 0.25) is 5.82 Å². The van der Waals surface area contributed by atoms with Crippen molar-refractivity contribution in [2.45, 2.75) is 57.2 Å². The van der Waals surface area contributed by atoms with Crippen molar-refractivity contribution in [1.29, 1.82) is 0 Å². The lowest BCUT2D eigenvalue weighted by Gasteiger charge is -2.38. The number of hydrogen-bond donors (Lipinski definition) is 1. The number of morpholine rings is 1. The summed E-state index contributed by atoms with van der Waals surface area (Å²) < 4.78 is 12.0. The molecule has 1 aliphatic carbocycles. The van der Waals surface area contributed by atoms with Crippen LogP contribution in [0.1, 0.15) is 51.3 Å². The second-order valence-electron chi connectivity index (χ2n) is 6.58. The van der Waals surface area contributed by atoms with Gasteiger partial charge < -0.3 is 9.47 Å². The molecular formula is C15H27N5O2. The molecule has 0 bridgehead atoms. The van der Waals surface area contributed by atoms with Crippen molar-refractivity contribution in [1.82, 2.24) is 25.5 Å². The normalized spacial score (nSPS) is 28.6. The number of rotatable bonds is 5. The number of ether oxygens (including phenoxy) is 2. The molecule has 0 amide bonds. The summed E-state index contributed by atoms with van der Waals surface area (Å²) in [6.45, 7) is 6.16. The van der Waals surface area contributed by atoms with E-state index >= 15 is 0 Å². The highest BCUT2D eigenvalue weighted by atomic mass is 16.5. The van der Waals surface area contributed by atoms with Crippen molar-refractivity contribution < 1.29 is 9.47 Å². The van der Waals surface area contributed by atoms with E-state index in [1.165, 1.54) is 38.5 Å². The summed E-state index contributed by atoms with van der Waals surface area (Å²) >= 11 is 0. The summed E-state index contributed by atoms with van der Waals surface area (Å²) in [5, 5.41) is 14.3. The van der Waals surface area contributed by atoms with Gasteiger partial charge in [-0.3, -0.25) is 4.90 Å². The molecule has 2 heterocycles. The quantitative estimate of drug-likeness (QED) is 0.830. The minimum Gasteiger partial charge on any atom is -0.377 e. The highest BCUT2D eigenvalue weighted by Crippen LogP contribution is 2.26. The SMILES string of the molecule is CC1(c2nn[nH]n2)CN(CCOC2CCCCCC2)CCO1. The highest BCUT2D eigenvalue weighted by Gasteiger charge is 2.37. The first-order valence-corrected chi connectivity index (χ1v) is 8.48. The van der Waals surface area contributed by atoms with Gasteiger partial charge in [-0.1, -0.05) is 30.9 Å². The van der Waals surface area contributed by atoms with Crippen LogP contribution in [0.4, 0.5) is 0 Å². The third-order valence-electron chi connectivity index (χ3n) is 4.74. The number of H-pyrrole nitrogens is 1. The molecule has 2 aliphatic rings. The minimum atomic E-state index is -0.479. The molecule has 1 unspecified atom stereocenters. The van der Waals surface area contributed by atoms with E-state index in [2.05, 4.69) is 25.5 Å². The smallest absolute Gasteiger partial charge is 0.207 e. The summed E-state index contributed by atoms with van der Waals surface area (Å²) in [7, 11) is 0. The molecule has 0 spiro atoms. The molecule has 7 nitrogen and oxygen atoms in total. The summed E-state index contributed by atoms with van der Waals surface area (Å²) in [4.78, 5) is 2.37. The van der Waals surface area contributed by atoms with Gasteiger partial charge in [-0.15, -0.1) is 10.2 Å². The molecule has 7 heteroatoms. The fourth-order valence-corrected chi connectivity index (χ4v) is 3.42. The molecule has 1 aliphatic heterocycles. The van der Waals surface area contributed by atoms with Crippen LogP contribution in [0.15, 0.2) is 0 Å². The zero-order chi connectivity index (χ0) is 15.3. The van der Waals surface area contributed by atoms with Gasteiger partial charge in [0.15, 0.2) is 0 Å². The molecule has 1 saturated heterocycles. The molecule has 1 N–H and O–H groups in total. The van der Waals surface area contributed by atoms with Crippen molar-refractivity contribution in [3.05, 3.63) is 5.82 Å². The molecule has 1 saturated carbocycles. The average Bonchev–Trinajstić information content (AvgIpc) is 2.94. The molecule has 3 rings (SSSR count). The number of nitrogens with one attached hydrogen (secondary N) is 1. The Morgan fingerprint density at radius 3 is 2.86 bits per heavy atom. The Kier molecular flexibility index (Phi) is 5.38. The molecule has 22 heavy (non-hydrogen) atoms. The van der Waals surface area contributed by atoms with Gasteiger partial charge in [-0.2, -0.15) is 5.21 Å². The molecule has 0 radical (unpaired) electrons. The van der Waals surface area contributed by atoms with E-state index in [4.69, 9.17) is 9.47 Å². The van der Waals surface area contributed by atoms with Crippen LogP contribution in [0.2, 0.25) is 0 Å². The number of aromatic nitrogens is 4. The zero-order valence-corrected chi connectivity index (χ0v) is 13.5. The monoisotopic (exact) mass is 309 g/mol. The predicted octanol–water partition coefficient (Wildman–Crippen LogP) is 1.49. The van der Waals surface area contributed by atoms with E-state index in [-0.39, 0.29) is 0 Å². The maximum absolute atomic E-state index is 6.09. The van der Waals surface area contributed by atoms with E-state index in [9.17, 15) is 0 Å². The standard InChI is InChI=1S/C15H27N5O2/c1-15(14-16-18-19-17-14)12-20(9-11-22-15)8-10-21-13-6-4-2-3-5-7-13/h13H,2-12H2,1H3,(H,16,17,18,19). The first kappa shape index (κ1) is 15.8. The number of nitrogens with zero attached hydrogens (tertiary/aromatic N) is 4. The van der Waals surface area contributed by atoms with Crippen molar-refractivity contribution >= 4 is 0 Å². The highest BCUT2D eigenvalue weighted by molar-refractivity contribution is 4.99. The summed E-state index contributed by atoms with van der Waals surface area (Å²) in [6.07, 6.45) is 8.29. The lowest BCUT2D eigenvalue weighted by Crippen LogP contribution is -2.49. The Morgan fingerprint density at radius 1 is 1.32 bits per heavy atom. The van der Waals surface area contributed by atoms with Crippen molar-refractivity contribution in [3.63, 3.8) is 0 Å². The van der Waals surface area contributed by atoms with Gasteiger partial charge in [0, 0.05) is 19.6 Å². The van der Waals surface area contributed by atoms with Crippen LogP contribution < -0.4 is 0 Å². The molecular weight excluding hydrogens is 282 g/mol. The summed E-state index contributed by atoms with van der Waals surface area (Å²) in [6, 6.07) is 0. The average molecular weight is 309 g/mol. The largest absolute Gasteiger partial charge is 0.377 e. The van der Waals surface area contributed by atoms with Crippen LogP contribution in [0.5, 0.6) is 0 Å². The van der Waals surface area contributed by atoms with Crippen LogP contribution in [-0.4, -0.2) is 64.5 Å². The van der Waals surface area contributed by atoms with E-state index in [1.54, 1.807) is 0 Å². The Labute approximate surface area is 131 Å². The van der Waals surface area contributed by atoms with E-state index in [0.29, 0.717) is 18.5 Å². The number of tetrazole rings is 1. The molecule has 1 atom stereocenters. The van der Waals surface area contributed by atoms with Gasteiger partial charge in [-0.25, -0.2) is 0 Å². The maximum atomic E-state index is 6.09. The molecule has 1 aromatic heterocycles. The molecule has 2 fully saturated rings. The van der Waals surface area contributed by atoms with Crippen molar-refractivity contribution in [2.24, 2.45) is 0 Å². The Balaban J connectivity index is 1.44. The van der Waals surface area contributed by atoms with Crippen molar-refractivity contribution in [3.8, 4) is 0 Å². The Hall–Kier alpha value is -1.05. The maximum Gasteiger partial charge on any atom is 0.207 e. The van der Waals surface area contributed by atoms with Gasteiger partial charge in [0.05, 0.1) is 19.3 Å². The predicted molar refractivity (Wildman–Crippen MR) is 81.4 cm³/mol. The van der Waals surface area contributed by atoms with E-state index in [0.717, 1.165) is 26.2 Å². The lowest BCUT2D eigenvalue weighted by molar-refractivity contribution is -0.113. The minimum absolute atomic E-state index is 0.465. The molecule has 0 aromatic carbocycles. The van der Waals surface area contributed by atoms with Gasteiger partial charge in [0.1, 0.15) is 5.60 Å². The summed E-state index contributed by atoms with van der Waals surface area (Å²) in [5.41, 5.74) is -0.479. The third kappa shape index (κ3) is 4.02. The van der Waals surface area contributed by atoms with Crippen LogP contribution in [-0.2, 0) is 15.1 Å². The van der Waals surface area contributed by atoms with Crippen LogP contribution in [0, 0.1) is 0 Å². The van der Waals surface area contributed by atoms with E-state index in [1.807, 2.05) is 6.92 Å². The van der Waals surface area contributed by atoms with Crippen molar-refractivity contribution in [2.75, 3.05) is 32.8 Å². The Morgan fingerprint density at radius 2 is 2.14 bits per heavy atom. The fraction of sp³-hybridized carbons (Fsp3) is 0.933. The van der Waals surface area contributed by atoms with Gasteiger partial charge >= 0.3 is 0 Å². The van der Waals surface area contributed by atoms with E-state index < -0.39 is 5.60 Å². The first-order chi connectivity index (χ1) is 10.8. The molecule has 124 valence electrons. The number of aromatic amines is 1. The lowest BCUT2D eigenvalue weighted by atomic mass is 10.0. The van der Waals surface area contributed by atoms with Crippen LogP contribution in [0.3, 0.4) is 0 Å². The number of hydrogen-bond acceptors (Lipinski definition) is 6.